The lowest BCUT2D eigenvalue weighted by atomic mass is 10.2. The number of anilines is 1. The number of carbonyl (C=O) groups excluding carboxylic acids is 1. The molecule has 0 aliphatic heterocycles. The zero-order valence-corrected chi connectivity index (χ0v) is 10.7. The quantitative estimate of drug-likeness (QED) is 0.640. The predicted molar refractivity (Wildman–Crippen MR) is 64.4 cm³/mol. The van der Waals surface area contributed by atoms with Gasteiger partial charge in [0.25, 0.3) is 0 Å². The molecule has 1 amide bonds. The van der Waals surface area contributed by atoms with E-state index in [1.807, 2.05) is 13.8 Å². The summed E-state index contributed by atoms with van der Waals surface area (Å²) in [5.41, 5.74) is 0. The minimum atomic E-state index is -0.0272. The number of nitrogens with zero attached hydrogens (tertiary/aromatic N) is 2. The van der Waals surface area contributed by atoms with Gasteiger partial charge in [0.1, 0.15) is 0 Å². The fourth-order valence-corrected chi connectivity index (χ4v) is 2.44. The van der Waals surface area contributed by atoms with Crippen molar-refractivity contribution >= 4 is 34.1 Å². The largest absolute Gasteiger partial charge is 0.300 e. The Morgan fingerprint density at radius 1 is 1.53 bits per heavy atom. The van der Waals surface area contributed by atoms with Crippen LogP contribution >= 0.6 is 23.1 Å². The van der Waals surface area contributed by atoms with Crippen LogP contribution in [0.5, 0.6) is 0 Å². The van der Waals surface area contributed by atoms with Gasteiger partial charge in [-0.25, -0.2) is 0 Å². The van der Waals surface area contributed by atoms with E-state index in [0.717, 1.165) is 16.5 Å². The molecule has 84 valence electrons. The molecule has 0 radical (unpaired) electrons. The van der Waals surface area contributed by atoms with E-state index in [1.54, 1.807) is 11.8 Å². The predicted octanol–water partition coefficient (Wildman–Crippen LogP) is 2.63. The first-order valence-corrected chi connectivity index (χ1v) is 6.70. The van der Waals surface area contributed by atoms with E-state index in [1.165, 1.54) is 11.3 Å². The molecule has 1 aromatic heterocycles. The second kappa shape index (κ2) is 6.07. The van der Waals surface area contributed by atoms with Crippen molar-refractivity contribution in [2.75, 3.05) is 11.1 Å². The second-order valence-electron chi connectivity index (χ2n) is 3.37. The molecule has 1 heterocycles. The summed E-state index contributed by atoms with van der Waals surface area (Å²) in [6.07, 6.45) is 1.11. The molecule has 1 N–H and O–H groups in total. The number of hydrogen-bond donors (Lipinski definition) is 1. The van der Waals surface area contributed by atoms with Gasteiger partial charge in [-0.05, 0) is 6.42 Å². The van der Waals surface area contributed by atoms with Crippen LogP contribution < -0.4 is 5.32 Å². The Kier molecular flexibility index (Phi) is 5.04. The maximum atomic E-state index is 11.4. The number of aromatic nitrogens is 2. The Morgan fingerprint density at radius 2 is 2.27 bits per heavy atom. The highest BCUT2D eigenvalue weighted by Gasteiger charge is 2.10. The van der Waals surface area contributed by atoms with Crippen molar-refractivity contribution in [3.05, 3.63) is 0 Å². The number of rotatable bonds is 5. The highest BCUT2D eigenvalue weighted by Crippen LogP contribution is 2.25. The van der Waals surface area contributed by atoms with E-state index in [0.29, 0.717) is 5.13 Å². The van der Waals surface area contributed by atoms with Gasteiger partial charge in [-0.15, -0.1) is 10.2 Å². The molecule has 0 saturated carbocycles. The first kappa shape index (κ1) is 12.4. The minimum Gasteiger partial charge on any atom is -0.300 e. The molecule has 0 bridgehead atoms. The Morgan fingerprint density at radius 3 is 2.87 bits per heavy atom. The molecule has 0 aliphatic carbocycles. The van der Waals surface area contributed by atoms with Crippen LogP contribution in [-0.2, 0) is 4.79 Å². The highest BCUT2D eigenvalue weighted by molar-refractivity contribution is 8.01. The van der Waals surface area contributed by atoms with Crippen molar-refractivity contribution < 1.29 is 4.79 Å². The molecule has 4 nitrogen and oxygen atoms in total. The summed E-state index contributed by atoms with van der Waals surface area (Å²) in [4.78, 5) is 11.4. The summed E-state index contributed by atoms with van der Waals surface area (Å²) in [6.45, 7) is 5.82. The molecule has 6 heteroatoms. The van der Waals surface area contributed by atoms with Gasteiger partial charge in [0.2, 0.25) is 11.0 Å². The molecule has 1 aromatic rings. The lowest BCUT2D eigenvalue weighted by Gasteiger charge is -2.02. The van der Waals surface area contributed by atoms with Gasteiger partial charge in [0.15, 0.2) is 4.34 Å². The molecule has 0 fully saturated rings. The maximum absolute atomic E-state index is 11.4. The van der Waals surface area contributed by atoms with Crippen molar-refractivity contribution in [1.29, 1.82) is 0 Å². The Labute approximate surface area is 97.9 Å². The topological polar surface area (TPSA) is 54.9 Å². The summed E-state index contributed by atoms with van der Waals surface area (Å²) in [6, 6.07) is 0. The number of carbonyl (C=O) groups is 1. The van der Waals surface area contributed by atoms with Gasteiger partial charge in [0, 0.05) is 11.7 Å². The third-order valence-electron chi connectivity index (χ3n) is 1.59. The standard InChI is InChI=1S/C9H15N3OS2/c1-4-5-14-9-12-11-8(15-9)10-7(13)6(2)3/h6H,4-5H2,1-3H3,(H,10,11,13). The highest BCUT2D eigenvalue weighted by atomic mass is 32.2. The van der Waals surface area contributed by atoms with Gasteiger partial charge in [0.05, 0.1) is 0 Å². The van der Waals surface area contributed by atoms with Gasteiger partial charge in [-0.2, -0.15) is 0 Å². The van der Waals surface area contributed by atoms with Crippen LogP contribution in [0.2, 0.25) is 0 Å². The van der Waals surface area contributed by atoms with Gasteiger partial charge in [-0.1, -0.05) is 43.9 Å². The summed E-state index contributed by atoms with van der Waals surface area (Å²) in [5, 5.41) is 11.2. The first-order valence-electron chi connectivity index (χ1n) is 4.90. The molecule has 15 heavy (non-hydrogen) atoms. The molecule has 0 saturated heterocycles. The summed E-state index contributed by atoms with van der Waals surface area (Å²) in [7, 11) is 0. The van der Waals surface area contributed by atoms with E-state index in [-0.39, 0.29) is 11.8 Å². The lowest BCUT2D eigenvalue weighted by molar-refractivity contribution is -0.118. The van der Waals surface area contributed by atoms with Crippen LogP contribution in [0.3, 0.4) is 0 Å². The Hall–Kier alpha value is -0.620. The molecule has 0 atom stereocenters. The van der Waals surface area contributed by atoms with Crippen molar-refractivity contribution in [3.8, 4) is 0 Å². The van der Waals surface area contributed by atoms with Gasteiger partial charge < -0.3 is 5.32 Å². The SMILES string of the molecule is CCCSc1nnc(NC(=O)C(C)C)s1. The summed E-state index contributed by atoms with van der Waals surface area (Å²) >= 11 is 3.10. The zero-order valence-electron chi connectivity index (χ0n) is 9.11. The van der Waals surface area contributed by atoms with Gasteiger partial charge >= 0.3 is 0 Å². The lowest BCUT2D eigenvalue weighted by Crippen LogP contribution is -2.17. The average molecular weight is 245 g/mol. The van der Waals surface area contributed by atoms with Crippen LogP contribution in [-0.4, -0.2) is 21.9 Å². The minimum absolute atomic E-state index is 0.0156. The van der Waals surface area contributed by atoms with Gasteiger partial charge in [-0.3, -0.25) is 4.79 Å². The smallest absolute Gasteiger partial charge is 0.228 e. The van der Waals surface area contributed by atoms with E-state index in [9.17, 15) is 4.79 Å². The number of hydrogen-bond acceptors (Lipinski definition) is 5. The molecular formula is C9H15N3OS2. The average Bonchev–Trinajstić information content (AvgIpc) is 2.62. The number of amides is 1. The van der Waals surface area contributed by atoms with Crippen molar-refractivity contribution in [1.82, 2.24) is 10.2 Å². The molecule has 0 unspecified atom stereocenters. The molecule has 0 aliphatic rings. The number of nitrogens with one attached hydrogen (secondary N) is 1. The monoisotopic (exact) mass is 245 g/mol. The molecule has 0 aromatic carbocycles. The second-order valence-corrected chi connectivity index (χ2v) is 5.69. The third-order valence-corrected chi connectivity index (χ3v) is 3.77. The van der Waals surface area contributed by atoms with E-state index in [4.69, 9.17) is 0 Å². The van der Waals surface area contributed by atoms with Crippen LogP contribution in [0.1, 0.15) is 27.2 Å². The third kappa shape index (κ3) is 4.17. The summed E-state index contributed by atoms with van der Waals surface area (Å²) in [5.74, 6) is 0.992. The van der Waals surface area contributed by atoms with Crippen LogP contribution in [0.4, 0.5) is 5.13 Å². The first-order chi connectivity index (χ1) is 7.13. The molecule has 0 spiro atoms. The van der Waals surface area contributed by atoms with E-state index >= 15 is 0 Å². The normalized spacial score (nSPS) is 10.7. The number of thioether (sulfide) groups is 1. The van der Waals surface area contributed by atoms with Crippen molar-refractivity contribution in [3.63, 3.8) is 0 Å². The van der Waals surface area contributed by atoms with Crippen LogP contribution in [0.15, 0.2) is 4.34 Å². The van der Waals surface area contributed by atoms with E-state index in [2.05, 4.69) is 22.4 Å². The molecule has 1 rings (SSSR count). The summed E-state index contributed by atoms with van der Waals surface area (Å²) < 4.78 is 0.913. The molecular weight excluding hydrogens is 230 g/mol. The Bertz CT molecular complexity index is 325. The van der Waals surface area contributed by atoms with Crippen LogP contribution in [0, 0.1) is 5.92 Å². The van der Waals surface area contributed by atoms with Crippen molar-refractivity contribution in [2.45, 2.75) is 31.5 Å². The zero-order chi connectivity index (χ0) is 11.3. The van der Waals surface area contributed by atoms with E-state index < -0.39 is 0 Å². The Balaban J connectivity index is 2.49. The fraction of sp³-hybridized carbons (Fsp3) is 0.667. The maximum Gasteiger partial charge on any atom is 0.228 e. The fourth-order valence-electron chi connectivity index (χ4n) is 0.758. The van der Waals surface area contributed by atoms with Crippen molar-refractivity contribution in [2.24, 2.45) is 5.92 Å². The van der Waals surface area contributed by atoms with Crippen LogP contribution in [0.25, 0.3) is 0 Å².